The minimum atomic E-state index is -0.317. The number of aromatic nitrogens is 2. The van der Waals surface area contributed by atoms with E-state index < -0.39 is 0 Å². The molecule has 2 aromatic rings. The van der Waals surface area contributed by atoms with Crippen LogP contribution in [-0.4, -0.2) is 22.6 Å². The molecule has 6 heteroatoms. The molecule has 23 heavy (non-hydrogen) atoms. The topological polar surface area (TPSA) is 38.2 Å². The fraction of sp³-hybridized carbons (Fsp3) is 0.412. The summed E-state index contributed by atoms with van der Waals surface area (Å²) < 4.78 is 19.1. The maximum absolute atomic E-state index is 13.2. The van der Waals surface area contributed by atoms with Gasteiger partial charge in [-0.05, 0) is 49.1 Å². The molecule has 1 fully saturated rings. The smallest absolute Gasteiger partial charge is 0.224 e. The van der Waals surface area contributed by atoms with Crippen LogP contribution in [0.1, 0.15) is 42.7 Å². The molecule has 0 N–H and O–H groups in total. The van der Waals surface area contributed by atoms with Crippen molar-refractivity contribution in [2.75, 3.05) is 11.4 Å². The lowest BCUT2D eigenvalue weighted by molar-refractivity contribution is 0.0923. The number of nitrogens with zero attached hydrogens (tertiary/aromatic N) is 3. The Bertz CT molecular complexity index is 737. The zero-order valence-corrected chi connectivity index (χ0v) is 13.6. The zero-order chi connectivity index (χ0) is 16.0. The molecule has 0 aliphatic carbocycles. The van der Waals surface area contributed by atoms with Crippen LogP contribution in [0.25, 0.3) is 0 Å². The molecule has 1 aromatic carbocycles. The molecule has 1 aromatic heterocycles. The Kier molecular flexibility index (Phi) is 3.70. The predicted molar refractivity (Wildman–Crippen MR) is 86.1 cm³/mol. The van der Waals surface area contributed by atoms with E-state index in [0.717, 1.165) is 42.0 Å². The van der Waals surface area contributed by atoms with Crippen molar-refractivity contribution < 1.29 is 9.13 Å². The maximum atomic E-state index is 13.2. The van der Waals surface area contributed by atoms with E-state index in [1.807, 2.05) is 0 Å². The summed E-state index contributed by atoms with van der Waals surface area (Å²) in [4.78, 5) is 11.1. The molecule has 2 aliphatic rings. The molecule has 0 amide bonds. The largest absolute Gasteiger partial charge is 0.362 e. The van der Waals surface area contributed by atoms with Crippen molar-refractivity contribution in [1.29, 1.82) is 0 Å². The van der Waals surface area contributed by atoms with Crippen LogP contribution in [0.2, 0.25) is 5.28 Å². The van der Waals surface area contributed by atoms with Gasteiger partial charge in [0, 0.05) is 18.2 Å². The molecule has 120 valence electrons. The van der Waals surface area contributed by atoms with E-state index in [4.69, 9.17) is 16.3 Å². The van der Waals surface area contributed by atoms with Gasteiger partial charge in [-0.3, -0.25) is 0 Å². The van der Waals surface area contributed by atoms with Gasteiger partial charge in [-0.2, -0.15) is 0 Å². The van der Waals surface area contributed by atoms with Gasteiger partial charge in [0.05, 0.1) is 12.3 Å². The highest BCUT2D eigenvalue weighted by molar-refractivity contribution is 6.28. The zero-order valence-electron chi connectivity index (χ0n) is 12.8. The van der Waals surface area contributed by atoms with E-state index in [9.17, 15) is 4.39 Å². The summed E-state index contributed by atoms with van der Waals surface area (Å²) in [5.74, 6) is 0.619. The number of hydrogen-bond acceptors (Lipinski definition) is 4. The molecule has 1 saturated heterocycles. The van der Waals surface area contributed by atoms with Crippen molar-refractivity contribution in [2.45, 2.75) is 38.5 Å². The van der Waals surface area contributed by atoms with Gasteiger partial charge < -0.3 is 9.64 Å². The second-order valence-electron chi connectivity index (χ2n) is 6.11. The maximum Gasteiger partial charge on any atom is 0.224 e. The average Bonchev–Trinajstić information content (AvgIpc) is 3.14. The van der Waals surface area contributed by atoms with E-state index in [1.165, 1.54) is 12.1 Å². The van der Waals surface area contributed by atoms with E-state index in [1.54, 1.807) is 12.1 Å². The lowest BCUT2D eigenvalue weighted by Gasteiger charge is -2.24. The quantitative estimate of drug-likeness (QED) is 0.782. The molecule has 0 bridgehead atoms. The van der Waals surface area contributed by atoms with Gasteiger partial charge in [-0.15, -0.1) is 0 Å². The van der Waals surface area contributed by atoms with Crippen molar-refractivity contribution in [3.63, 3.8) is 0 Å². The second kappa shape index (κ2) is 5.73. The van der Waals surface area contributed by atoms with Gasteiger partial charge in [0.1, 0.15) is 17.7 Å². The average molecular weight is 334 g/mol. The number of rotatable bonds is 2. The van der Waals surface area contributed by atoms with Crippen LogP contribution >= 0.6 is 11.6 Å². The van der Waals surface area contributed by atoms with E-state index in [-0.39, 0.29) is 17.2 Å². The van der Waals surface area contributed by atoms with Crippen molar-refractivity contribution in [1.82, 2.24) is 9.97 Å². The molecular weight excluding hydrogens is 317 g/mol. The molecule has 0 radical (unpaired) electrons. The minimum absolute atomic E-state index is 0.232. The van der Waals surface area contributed by atoms with Crippen LogP contribution in [0.3, 0.4) is 0 Å². The van der Waals surface area contributed by atoms with Crippen molar-refractivity contribution in [3.8, 4) is 0 Å². The van der Waals surface area contributed by atoms with Gasteiger partial charge in [-0.25, -0.2) is 14.4 Å². The summed E-state index contributed by atoms with van der Waals surface area (Å²) in [6, 6.07) is 6.76. The predicted octanol–water partition coefficient (Wildman–Crippen LogP) is 3.88. The Morgan fingerprint density at radius 2 is 2.04 bits per heavy atom. The Morgan fingerprint density at radius 1 is 1.26 bits per heavy atom. The van der Waals surface area contributed by atoms with Gasteiger partial charge in [0.25, 0.3) is 0 Å². The third-order valence-corrected chi connectivity index (χ3v) is 4.80. The molecule has 0 spiro atoms. The first-order valence-corrected chi connectivity index (χ1v) is 8.21. The summed E-state index contributed by atoms with van der Waals surface area (Å²) in [5.41, 5.74) is 2.67. The van der Waals surface area contributed by atoms with Crippen LogP contribution in [0.5, 0.6) is 0 Å². The molecule has 2 atom stereocenters. The Hall–Kier alpha value is -1.72. The lowest BCUT2D eigenvalue weighted by atomic mass is 10.0. The number of anilines is 1. The first-order valence-electron chi connectivity index (χ1n) is 7.83. The van der Waals surface area contributed by atoms with E-state index >= 15 is 0 Å². The molecule has 2 aliphatic heterocycles. The van der Waals surface area contributed by atoms with Crippen LogP contribution in [0.4, 0.5) is 10.2 Å². The molecule has 1 unspecified atom stereocenters. The first kappa shape index (κ1) is 14.8. The fourth-order valence-electron chi connectivity index (χ4n) is 3.44. The summed E-state index contributed by atoms with van der Waals surface area (Å²) in [6.07, 6.45) is 1.99. The summed E-state index contributed by atoms with van der Waals surface area (Å²) in [7, 11) is 0. The van der Waals surface area contributed by atoms with Crippen LogP contribution in [-0.2, 0) is 11.3 Å². The monoisotopic (exact) mass is 333 g/mol. The van der Waals surface area contributed by atoms with Gasteiger partial charge >= 0.3 is 0 Å². The summed E-state index contributed by atoms with van der Waals surface area (Å²) in [5, 5.41) is 0.232. The highest BCUT2D eigenvalue weighted by Crippen LogP contribution is 2.40. The molecule has 3 heterocycles. The second-order valence-corrected chi connectivity index (χ2v) is 6.45. The third kappa shape index (κ3) is 2.58. The highest BCUT2D eigenvalue weighted by atomic mass is 35.5. The van der Waals surface area contributed by atoms with Crippen LogP contribution in [0, 0.1) is 5.82 Å². The Balaban J connectivity index is 1.77. The van der Waals surface area contributed by atoms with Crippen LogP contribution in [0.15, 0.2) is 24.3 Å². The normalized spacial score (nSPS) is 23.3. The van der Waals surface area contributed by atoms with Crippen molar-refractivity contribution in [3.05, 3.63) is 52.2 Å². The Labute approximate surface area is 139 Å². The number of ether oxygens (including phenoxy) is 1. The fourth-order valence-corrected chi connectivity index (χ4v) is 3.61. The molecule has 4 rings (SSSR count). The highest BCUT2D eigenvalue weighted by Gasteiger charge is 2.34. The molecule has 0 saturated carbocycles. The Morgan fingerprint density at radius 3 is 2.74 bits per heavy atom. The first-order chi connectivity index (χ1) is 11.1. The summed E-state index contributed by atoms with van der Waals surface area (Å²) >= 11 is 6.17. The van der Waals surface area contributed by atoms with Gasteiger partial charge in [-0.1, -0.05) is 12.1 Å². The standard InChI is InChI=1S/C17H17ClFN3O/c1-10-3-2-8-22(10)16-13-9-23-15(14(13)20-17(18)21-16)11-4-6-12(19)7-5-11/h4-7,10,15H,2-3,8-9H2,1H3/t10-,15?/m0/s1. The van der Waals surface area contributed by atoms with Gasteiger partial charge in [0.2, 0.25) is 5.28 Å². The number of hydrogen-bond donors (Lipinski definition) is 0. The minimum Gasteiger partial charge on any atom is -0.362 e. The van der Waals surface area contributed by atoms with E-state index in [2.05, 4.69) is 21.8 Å². The van der Waals surface area contributed by atoms with Gasteiger partial charge in [0.15, 0.2) is 0 Å². The van der Waals surface area contributed by atoms with Crippen LogP contribution < -0.4 is 4.90 Å². The van der Waals surface area contributed by atoms with E-state index in [0.29, 0.717) is 12.6 Å². The lowest BCUT2D eigenvalue weighted by Crippen LogP contribution is -2.28. The SMILES string of the molecule is C[C@H]1CCCN1c1nc(Cl)nc2c1COC2c1ccc(F)cc1. The molecular formula is C17H17ClFN3O. The van der Waals surface area contributed by atoms with Crippen molar-refractivity contribution in [2.24, 2.45) is 0 Å². The number of benzene rings is 1. The third-order valence-electron chi connectivity index (χ3n) is 4.63. The number of fused-ring (bicyclic) bond motifs is 1. The summed E-state index contributed by atoms with van der Waals surface area (Å²) in [6.45, 7) is 3.62. The van der Waals surface area contributed by atoms with Crippen molar-refractivity contribution >= 4 is 17.4 Å². The number of halogens is 2. The molecule has 4 nitrogen and oxygen atoms in total.